The van der Waals surface area contributed by atoms with E-state index in [0.717, 1.165) is 24.9 Å². The summed E-state index contributed by atoms with van der Waals surface area (Å²) >= 11 is 0. The SMILES string of the molecule is CC(O)C1CCCN(Cc2ccccc2)C1=O. The number of carbonyl (C=O) groups excluding carboxylic acids is 1. The Bertz CT molecular complexity index is 375. The van der Waals surface area contributed by atoms with Crippen LogP contribution in [0.2, 0.25) is 0 Å². The van der Waals surface area contributed by atoms with Crippen LogP contribution in [0.1, 0.15) is 25.3 Å². The molecule has 0 spiro atoms. The van der Waals surface area contributed by atoms with Crippen LogP contribution in [0.3, 0.4) is 0 Å². The predicted molar refractivity (Wildman–Crippen MR) is 66.3 cm³/mol. The molecule has 2 atom stereocenters. The van der Waals surface area contributed by atoms with E-state index >= 15 is 0 Å². The molecule has 2 rings (SSSR count). The van der Waals surface area contributed by atoms with Gasteiger partial charge >= 0.3 is 0 Å². The van der Waals surface area contributed by atoms with Gasteiger partial charge in [-0.1, -0.05) is 30.3 Å². The third-order valence-corrected chi connectivity index (χ3v) is 3.37. The summed E-state index contributed by atoms with van der Waals surface area (Å²) in [5, 5.41) is 9.58. The Hall–Kier alpha value is -1.35. The van der Waals surface area contributed by atoms with Crippen LogP contribution in [0.25, 0.3) is 0 Å². The van der Waals surface area contributed by atoms with Crippen molar-refractivity contribution in [2.75, 3.05) is 6.54 Å². The molecular weight excluding hydrogens is 214 g/mol. The summed E-state index contributed by atoms with van der Waals surface area (Å²) in [4.78, 5) is 14.0. The third kappa shape index (κ3) is 2.86. The highest BCUT2D eigenvalue weighted by molar-refractivity contribution is 5.80. The monoisotopic (exact) mass is 233 g/mol. The fraction of sp³-hybridized carbons (Fsp3) is 0.500. The highest BCUT2D eigenvalue weighted by atomic mass is 16.3. The summed E-state index contributed by atoms with van der Waals surface area (Å²) in [6.07, 6.45) is 1.25. The first-order valence-electron chi connectivity index (χ1n) is 6.19. The van der Waals surface area contributed by atoms with Gasteiger partial charge in [0.15, 0.2) is 0 Å². The number of aliphatic hydroxyl groups is 1. The summed E-state index contributed by atoms with van der Waals surface area (Å²) in [6.45, 7) is 3.16. The zero-order valence-corrected chi connectivity index (χ0v) is 10.2. The van der Waals surface area contributed by atoms with Crippen molar-refractivity contribution in [1.82, 2.24) is 4.90 Å². The minimum absolute atomic E-state index is 0.0927. The second kappa shape index (κ2) is 5.32. The van der Waals surface area contributed by atoms with Gasteiger partial charge in [0.05, 0.1) is 12.0 Å². The molecule has 0 radical (unpaired) electrons. The number of carbonyl (C=O) groups is 1. The van der Waals surface area contributed by atoms with Gasteiger partial charge in [-0.3, -0.25) is 4.79 Å². The molecule has 1 aromatic carbocycles. The largest absolute Gasteiger partial charge is 0.393 e. The molecular formula is C14H19NO2. The molecule has 17 heavy (non-hydrogen) atoms. The number of rotatable bonds is 3. The van der Waals surface area contributed by atoms with Crippen molar-refractivity contribution >= 4 is 5.91 Å². The van der Waals surface area contributed by atoms with E-state index in [9.17, 15) is 9.90 Å². The maximum absolute atomic E-state index is 12.1. The smallest absolute Gasteiger partial charge is 0.228 e. The molecule has 1 aliphatic rings. The number of aliphatic hydroxyl groups excluding tert-OH is 1. The lowest BCUT2D eigenvalue weighted by Gasteiger charge is -2.33. The van der Waals surface area contributed by atoms with E-state index in [1.807, 2.05) is 35.2 Å². The summed E-state index contributed by atoms with van der Waals surface area (Å²) < 4.78 is 0. The standard InChI is InChI=1S/C14H19NO2/c1-11(16)13-8-5-9-15(14(13)17)10-12-6-3-2-4-7-12/h2-4,6-7,11,13,16H,5,8-10H2,1H3. The van der Waals surface area contributed by atoms with E-state index in [0.29, 0.717) is 6.54 Å². The van der Waals surface area contributed by atoms with Crippen molar-refractivity contribution in [2.24, 2.45) is 5.92 Å². The van der Waals surface area contributed by atoms with Crippen LogP contribution in [0.15, 0.2) is 30.3 Å². The number of nitrogens with zero attached hydrogens (tertiary/aromatic N) is 1. The van der Waals surface area contributed by atoms with E-state index < -0.39 is 6.10 Å². The molecule has 1 amide bonds. The van der Waals surface area contributed by atoms with Crippen LogP contribution >= 0.6 is 0 Å². The predicted octanol–water partition coefficient (Wildman–Crippen LogP) is 1.81. The molecule has 1 fully saturated rings. The maximum Gasteiger partial charge on any atom is 0.228 e. The van der Waals surface area contributed by atoms with Gasteiger partial charge in [0.25, 0.3) is 0 Å². The van der Waals surface area contributed by atoms with Gasteiger partial charge in [0.2, 0.25) is 5.91 Å². The van der Waals surface area contributed by atoms with Crippen molar-refractivity contribution in [3.63, 3.8) is 0 Å². The van der Waals surface area contributed by atoms with Crippen molar-refractivity contribution in [3.8, 4) is 0 Å². The Morgan fingerprint density at radius 2 is 2.12 bits per heavy atom. The number of piperidine rings is 1. The van der Waals surface area contributed by atoms with Crippen molar-refractivity contribution in [2.45, 2.75) is 32.4 Å². The molecule has 3 nitrogen and oxygen atoms in total. The lowest BCUT2D eigenvalue weighted by Crippen LogP contribution is -2.44. The number of amides is 1. The van der Waals surface area contributed by atoms with E-state index in [2.05, 4.69) is 0 Å². The fourth-order valence-electron chi connectivity index (χ4n) is 2.38. The Labute approximate surface area is 102 Å². The first-order valence-corrected chi connectivity index (χ1v) is 6.19. The summed E-state index contributed by atoms with van der Waals surface area (Å²) in [7, 11) is 0. The molecule has 1 N–H and O–H groups in total. The zero-order valence-electron chi connectivity index (χ0n) is 10.2. The molecule has 1 aliphatic heterocycles. The van der Waals surface area contributed by atoms with Crippen LogP contribution in [-0.4, -0.2) is 28.6 Å². The summed E-state index contributed by atoms with van der Waals surface area (Å²) in [5.74, 6) is -0.123. The molecule has 0 bridgehead atoms. The van der Waals surface area contributed by atoms with Gasteiger partial charge in [-0.05, 0) is 25.3 Å². The second-order valence-electron chi connectivity index (χ2n) is 4.73. The van der Waals surface area contributed by atoms with Gasteiger partial charge in [-0.2, -0.15) is 0 Å². The van der Waals surface area contributed by atoms with Crippen LogP contribution in [-0.2, 0) is 11.3 Å². The molecule has 1 aromatic rings. The molecule has 0 saturated carbocycles. The molecule has 0 aromatic heterocycles. The van der Waals surface area contributed by atoms with Crippen LogP contribution in [0, 0.1) is 5.92 Å². The van der Waals surface area contributed by atoms with E-state index in [1.165, 1.54) is 0 Å². The third-order valence-electron chi connectivity index (χ3n) is 3.37. The highest BCUT2D eigenvalue weighted by Gasteiger charge is 2.31. The van der Waals surface area contributed by atoms with Gasteiger partial charge in [0.1, 0.15) is 0 Å². The van der Waals surface area contributed by atoms with E-state index in [-0.39, 0.29) is 11.8 Å². The molecule has 2 unspecified atom stereocenters. The normalized spacial score (nSPS) is 22.6. The number of likely N-dealkylation sites (tertiary alicyclic amines) is 1. The second-order valence-corrected chi connectivity index (χ2v) is 4.73. The van der Waals surface area contributed by atoms with Crippen molar-refractivity contribution in [3.05, 3.63) is 35.9 Å². The first kappa shape index (κ1) is 12.1. The topological polar surface area (TPSA) is 40.5 Å². The van der Waals surface area contributed by atoms with Crippen molar-refractivity contribution < 1.29 is 9.90 Å². The van der Waals surface area contributed by atoms with Crippen LogP contribution in [0.5, 0.6) is 0 Å². The molecule has 3 heteroatoms. The Morgan fingerprint density at radius 3 is 2.76 bits per heavy atom. The molecule has 1 heterocycles. The number of benzene rings is 1. The Morgan fingerprint density at radius 1 is 1.41 bits per heavy atom. The van der Waals surface area contributed by atoms with Crippen LogP contribution in [0.4, 0.5) is 0 Å². The average molecular weight is 233 g/mol. The van der Waals surface area contributed by atoms with Crippen LogP contribution < -0.4 is 0 Å². The minimum Gasteiger partial charge on any atom is -0.393 e. The summed E-state index contributed by atoms with van der Waals surface area (Å²) in [5.41, 5.74) is 1.15. The molecule has 92 valence electrons. The first-order chi connectivity index (χ1) is 8.18. The van der Waals surface area contributed by atoms with Crippen molar-refractivity contribution in [1.29, 1.82) is 0 Å². The van der Waals surface area contributed by atoms with Gasteiger partial charge in [-0.25, -0.2) is 0 Å². The quantitative estimate of drug-likeness (QED) is 0.865. The fourth-order valence-corrected chi connectivity index (χ4v) is 2.38. The lowest BCUT2D eigenvalue weighted by molar-refractivity contribution is -0.143. The molecule has 1 saturated heterocycles. The van der Waals surface area contributed by atoms with Gasteiger partial charge in [-0.15, -0.1) is 0 Å². The summed E-state index contributed by atoms with van der Waals surface area (Å²) in [6, 6.07) is 9.99. The number of hydrogen-bond donors (Lipinski definition) is 1. The average Bonchev–Trinajstić information content (AvgIpc) is 2.33. The Kier molecular flexibility index (Phi) is 3.79. The van der Waals surface area contributed by atoms with Gasteiger partial charge < -0.3 is 10.0 Å². The lowest BCUT2D eigenvalue weighted by atomic mass is 9.92. The van der Waals surface area contributed by atoms with E-state index in [4.69, 9.17) is 0 Å². The maximum atomic E-state index is 12.1. The minimum atomic E-state index is -0.541. The number of hydrogen-bond acceptors (Lipinski definition) is 2. The highest BCUT2D eigenvalue weighted by Crippen LogP contribution is 2.22. The van der Waals surface area contributed by atoms with Gasteiger partial charge in [0, 0.05) is 13.1 Å². The molecule has 0 aliphatic carbocycles. The zero-order chi connectivity index (χ0) is 12.3. The Balaban J connectivity index is 2.04. The van der Waals surface area contributed by atoms with E-state index in [1.54, 1.807) is 6.92 Å².